The van der Waals surface area contributed by atoms with Gasteiger partial charge in [-0.15, -0.1) is 0 Å². The van der Waals surface area contributed by atoms with Gasteiger partial charge in [0, 0.05) is 26.2 Å². The van der Waals surface area contributed by atoms with Gasteiger partial charge < -0.3 is 11.1 Å². The predicted molar refractivity (Wildman–Crippen MR) is 101 cm³/mol. The quantitative estimate of drug-likeness (QED) is 0.878. The van der Waals surface area contributed by atoms with Crippen LogP contribution in [-0.4, -0.2) is 46.3 Å². The van der Waals surface area contributed by atoms with Gasteiger partial charge in [-0.2, -0.15) is 0 Å². The molecule has 0 spiro atoms. The summed E-state index contributed by atoms with van der Waals surface area (Å²) in [6.07, 6.45) is 4.31. The van der Waals surface area contributed by atoms with Crippen LogP contribution < -0.4 is 16.7 Å². The molecular formula is C19H29N5O. The molecule has 2 saturated heterocycles. The lowest BCUT2D eigenvalue weighted by molar-refractivity contribution is 0.206. The summed E-state index contributed by atoms with van der Waals surface area (Å²) in [5.74, 6) is 0. The van der Waals surface area contributed by atoms with E-state index in [0.29, 0.717) is 6.04 Å². The van der Waals surface area contributed by atoms with Crippen LogP contribution in [0, 0.1) is 0 Å². The number of fused-ring (bicyclic) bond motifs is 1. The van der Waals surface area contributed by atoms with E-state index in [9.17, 15) is 4.79 Å². The van der Waals surface area contributed by atoms with Crippen molar-refractivity contribution in [2.75, 3.05) is 26.2 Å². The third-order valence-corrected chi connectivity index (χ3v) is 5.85. The highest BCUT2D eigenvalue weighted by atomic mass is 16.1. The highest BCUT2D eigenvalue weighted by molar-refractivity contribution is 5.80. The smallest absolute Gasteiger partial charge is 0.328 e. The van der Waals surface area contributed by atoms with Crippen LogP contribution >= 0.6 is 0 Å². The van der Waals surface area contributed by atoms with Crippen LogP contribution in [0.1, 0.15) is 37.3 Å². The molecule has 0 aliphatic carbocycles. The molecule has 25 heavy (non-hydrogen) atoms. The molecule has 136 valence electrons. The SMILES string of the molecule is Cn1c(=O)n(C2CCCNC2)c2cccc(CN3CCC(N)CC3)c21. The number of para-hydroxylation sites is 1. The fourth-order valence-electron chi connectivity index (χ4n) is 4.41. The Bertz CT molecular complexity index is 794. The number of imidazole rings is 1. The number of aryl methyl sites for hydroxylation is 1. The number of nitrogens with two attached hydrogens (primary N) is 1. The van der Waals surface area contributed by atoms with Crippen LogP contribution in [0.15, 0.2) is 23.0 Å². The van der Waals surface area contributed by atoms with Crippen molar-refractivity contribution in [3.63, 3.8) is 0 Å². The molecule has 6 heteroatoms. The Morgan fingerprint density at radius 2 is 2.04 bits per heavy atom. The van der Waals surface area contributed by atoms with Gasteiger partial charge in [0.25, 0.3) is 0 Å². The van der Waals surface area contributed by atoms with E-state index in [2.05, 4.69) is 28.4 Å². The summed E-state index contributed by atoms with van der Waals surface area (Å²) in [7, 11) is 1.91. The lowest BCUT2D eigenvalue weighted by Gasteiger charge is -2.30. The Morgan fingerprint density at radius 1 is 1.24 bits per heavy atom. The van der Waals surface area contributed by atoms with E-state index in [1.54, 1.807) is 0 Å². The second-order valence-electron chi connectivity index (χ2n) is 7.61. The van der Waals surface area contributed by atoms with Crippen LogP contribution in [0.2, 0.25) is 0 Å². The van der Waals surface area contributed by atoms with Gasteiger partial charge >= 0.3 is 5.69 Å². The van der Waals surface area contributed by atoms with Gasteiger partial charge in [0.2, 0.25) is 0 Å². The number of nitrogens with one attached hydrogen (secondary N) is 1. The van der Waals surface area contributed by atoms with Gasteiger partial charge in [0.1, 0.15) is 0 Å². The van der Waals surface area contributed by atoms with Gasteiger partial charge in [0.15, 0.2) is 0 Å². The maximum absolute atomic E-state index is 12.9. The van der Waals surface area contributed by atoms with Gasteiger partial charge in [-0.05, 0) is 56.9 Å². The minimum atomic E-state index is 0.108. The third kappa shape index (κ3) is 3.14. The van der Waals surface area contributed by atoms with Crippen LogP contribution in [0.4, 0.5) is 0 Å². The molecule has 1 aromatic carbocycles. The van der Waals surface area contributed by atoms with E-state index in [1.807, 2.05) is 16.2 Å². The Morgan fingerprint density at radius 3 is 2.76 bits per heavy atom. The second kappa shape index (κ2) is 6.94. The Labute approximate surface area is 148 Å². The average Bonchev–Trinajstić information content (AvgIpc) is 2.89. The molecule has 0 bridgehead atoms. The summed E-state index contributed by atoms with van der Waals surface area (Å²) in [6.45, 7) is 4.91. The van der Waals surface area contributed by atoms with Crippen LogP contribution in [0.5, 0.6) is 0 Å². The molecule has 0 amide bonds. The van der Waals surface area contributed by atoms with Crippen molar-refractivity contribution in [3.8, 4) is 0 Å². The van der Waals surface area contributed by atoms with Gasteiger partial charge in [-0.1, -0.05) is 12.1 Å². The zero-order valence-corrected chi connectivity index (χ0v) is 15.1. The number of benzene rings is 1. The van der Waals surface area contributed by atoms with Gasteiger partial charge in [-0.25, -0.2) is 4.79 Å². The standard InChI is InChI=1S/C19H29N5O/c1-22-18-14(13-23-10-7-15(20)8-11-23)4-2-6-17(18)24(19(22)25)16-5-3-9-21-12-16/h2,4,6,15-16,21H,3,5,7-13,20H2,1H3. The monoisotopic (exact) mass is 343 g/mol. The maximum atomic E-state index is 12.9. The first-order valence-corrected chi connectivity index (χ1v) is 9.52. The van der Waals surface area contributed by atoms with E-state index >= 15 is 0 Å². The number of nitrogens with zero attached hydrogens (tertiary/aromatic N) is 3. The Kier molecular flexibility index (Phi) is 4.67. The molecule has 1 aromatic heterocycles. The number of likely N-dealkylation sites (tertiary alicyclic amines) is 1. The largest absolute Gasteiger partial charge is 0.329 e. The van der Waals surface area contributed by atoms with E-state index in [1.165, 1.54) is 5.56 Å². The van der Waals surface area contributed by atoms with Gasteiger partial charge in [0.05, 0.1) is 17.1 Å². The predicted octanol–water partition coefficient (Wildman–Crippen LogP) is 1.19. The van der Waals surface area contributed by atoms with E-state index < -0.39 is 0 Å². The van der Waals surface area contributed by atoms with Gasteiger partial charge in [-0.3, -0.25) is 14.0 Å². The van der Waals surface area contributed by atoms with Crippen molar-refractivity contribution in [3.05, 3.63) is 34.2 Å². The number of hydrogen-bond donors (Lipinski definition) is 2. The second-order valence-corrected chi connectivity index (χ2v) is 7.61. The summed E-state index contributed by atoms with van der Waals surface area (Å²) in [5.41, 5.74) is 9.55. The zero-order valence-electron chi connectivity index (χ0n) is 15.1. The van der Waals surface area contributed by atoms with E-state index in [4.69, 9.17) is 5.73 Å². The number of rotatable bonds is 3. The Hall–Kier alpha value is -1.63. The highest BCUT2D eigenvalue weighted by Crippen LogP contribution is 2.25. The number of aromatic nitrogens is 2. The first-order valence-electron chi connectivity index (χ1n) is 9.52. The topological polar surface area (TPSA) is 68.2 Å². The third-order valence-electron chi connectivity index (χ3n) is 5.85. The molecule has 2 aliphatic heterocycles. The van der Waals surface area contributed by atoms with Crippen LogP contribution in [0.25, 0.3) is 11.0 Å². The van der Waals surface area contributed by atoms with Crippen molar-refractivity contribution in [2.45, 2.75) is 44.3 Å². The number of hydrogen-bond acceptors (Lipinski definition) is 4. The van der Waals surface area contributed by atoms with Crippen molar-refractivity contribution in [1.29, 1.82) is 0 Å². The van der Waals surface area contributed by atoms with Crippen molar-refractivity contribution in [2.24, 2.45) is 12.8 Å². The first-order chi connectivity index (χ1) is 12.1. The summed E-state index contributed by atoms with van der Waals surface area (Å²) in [5, 5.41) is 3.43. The normalized spacial score (nSPS) is 23.4. The minimum absolute atomic E-state index is 0.108. The van der Waals surface area contributed by atoms with E-state index in [-0.39, 0.29) is 11.7 Å². The fourth-order valence-corrected chi connectivity index (χ4v) is 4.41. The van der Waals surface area contributed by atoms with Crippen molar-refractivity contribution < 1.29 is 0 Å². The van der Waals surface area contributed by atoms with Crippen molar-refractivity contribution >= 4 is 11.0 Å². The molecular weight excluding hydrogens is 314 g/mol. The lowest BCUT2D eigenvalue weighted by atomic mass is 10.0. The number of piperidine rings is 2. The van der Waals surface area contributed by atoms with E-state index in [0.717, 1.165) is 69.4 Å². The maximum Gasteiger partial charge on any atom is 0.329 e. The zero-order chi connectivity index (χ0) is 17.4. The lowest BCUT2D eigenvalue weighted by Crippen LogP contribution is -2.39. The molecule has 1 unspecified atom stereocenters. The summed E-state index contributed by atoms with van der Waals surface area (Å²) in [6, 6.07) is 6.96. The van der Waals surface area contributed by atoms with Crippen LogP contribution in [-0.2, 0) is 13.6 Å². The summed E-state index contributed by atoms with van der Waals surface area (Å²) < 4.78 is 3.85. The molecule has 2 aliphatic rings. The molecule has 0 radical (unpaired) electrons. The Balaban J connectivity index is 1.70. The molecule has 6 nitrogen and oxygen atoms in total. The molecule has 2 aromatic rings. The van der Waals surface area contributed by atoms with Crippen molar-refractivity contribution in [1.82, 2.24) is 19.4 Å². The minimum Gasteiger partial charge on any atom is -0.328 e. The molecule has 0 saturated carbocycles. The highest BCUT2D eigenvalue weighted by Gasteiger charge is 2.23. The fraction of sp³-hybridized carbons (Fsp3) is 0.632. The average molecular weight is 343 g/mol. The molecule has 3 heterocycles. The molecule has 2 fully saturated rings. The summed E-state index contributed by atoms with van der Waals surface area (Å²) in [4.78, 5) is 15.4. The first kappa shape index (κ1) is 16.8. The summed E-state index contributed by atoms with van der Waals surface area (Å²) >= 11 is 0. The molecule has 3 N–H and O–H groups in total. The van der Waals surface area contributed by atoms with Crippen LogP contribution in [0.3, 0.4) is 0 Å². The molecule has 4 rings (SSSR count). The molecule has 1 atom stereocenters.